The largest absolute Gasteiger partial charge is 0.377 e. The molecule has 0 spiro atoms. The first-order valence-electron chi connectivity index (χ1n) is 2.61. The van der Waals surface area contributed by atoms with E-state index in [2.05, 4.69) is 9.36 Å². The lowest BCUT2D eigenvalue weighted by molar-refractivity contribution is 0.184. The molecule has 50 valence electrons. The van der Waals surface area contributed by atoms with Gasteiger partial charge in [0.1, 0.15) is 10.8 Å². The zero-order chi connectivity index (χ0) is 6.69. The smallest absolute Gasteiger partial charge is 0.139 e. The highest BCUT2D eigenvalue weighted by Gasteiger charge is 1.96. The van der Waals surface area contributed by atoms with Gasteiger partial charge in [0.15, 0.2) is 0 Å². The number of aryl methyl sites for hydroxylation is 1. The number of hydrogen-bond donors (Lipinski definition) is 0. The van der Waals surface area contributed by atoms with Gasteiger partial charge in [-0.05, 0) is 18.5 Å². The molecule has 3 nitrogen and oxygen atoms in total. The Balaban J connectivity index is 2.61. The van der Waals surface area contributed by atoms with Crippen molar-refractivity contribution in [3.63, 3.8) is 0 Å². The number of rotatable bonds is 2. The molecule has 0 N–H and O–H groups in total. The van der Waals surface area contributed by atoms with Gasteiger partial charge in [0.25, 0.3) is 0 Å². The molecule has 0 unspecified atom stereocenters. The van der Waals surface area contributed by atoms with Crippen LogP contribution in [0.3, 0.4) is 0 Å². The van der Waals surface area contributed by atoms with Gasteiger partial charge in [0, 0.05) is 7.11 Å². The molecule has 0 atom stereocenters. The third kappa shape index (κ3) is 1.73. The summed E-state index contributed by atoms with van der Waals surface area (Å²) in [6.45, 7) is 2.45. The fourth-order valence-corrected chi connectivity index (χ4v) is 1.14. The van der Waals surface area contributed by atoms with E-state index in [4.69, 9.17) is 4.74 Å². The molecule has 1 aromatic rings. The summed E-state index contributed by atoms with van der Waals surface area (Å²) >= 11 is 1.39. The lowest BCUT2D eigenvalue weighted by Gasteiger charge is -1.86. The number of nitrogens with zero attached hydrogens (tertiary/aromatic N) is 2. The second kappa shape index (κ2) is 2.89. The summed E-state index contributed by atoms with van der Waals surface area (Å²) in [5.41, 5.74) is 0. The summed E-state index contributed by atoms with van der Waals surface area (Å²) in [4.78, 5) is 4.08. The van der Waals surface area contributed by atoms with Crippen LogP contribution in [0.1, 0.15) is 10.8 Å². The number of ether oxygens (including phenoxy) is 1. The normalized spacial score (nSPS) is 10.0. The molecule has 0 aromatic carbocycles. The van der Waals surface area contributed by atoms with Crippen molar-refractivity contribution in [1.82, 2.24) is 9.36 Å². The van der Waals surface area contributed by atoms with Crippen LogP contribution in [0.15, 0.2) is 0 Å². The van der Waals surface area contributed by atoms with Gasteiger partial charge in [-0.2, -0.15) is 4.37 Å². The van der Waals surface area contributed by atoms with E-state index in [1.165, 1.54) is 11.5 Å². The molecule has 1 aromatic heterocycles. The molecule has 0 saturated carbocycles. The van der Waals surface area contributed by atoms with E-state index < -0.39 is 0 Å². The van der Waals surface area contributed by atoms with Crippen molar-refractivity contribution >= 4 is 11.5 Å². The molecule has 1 rings (SSSR count). The van der Waals surface area contributed by atoms with E-state index in [0.29, 0.717) is 6.61 Å². The molecule has 0 radical (unpaired) electrons. The van der Waals surface area contributed by atoms with E-state index in [9.17, 15) is 0 Å². The number of hydrogen-bond acceptors (Lipinski definition) is 4. The summed E-state index contributed by atoms with van der Waals surface area (Å²) in [6.07, 6.45) is 0. The first-order valence-corrected chi connectivity index (χ1v) is 3.38. The summed E-state index contributed by atoms with van der Waals surface area (Å²) < 4.78 is 8.83. The molecule has 0 saturated heterocycles. The monoisotopic (exact) mass is 144 g/mol. The number of methoxy groups -OCH3 is 1. The maximum absolute atomic E-state index is 4.85. The molecule has 0 fully saturated rings. The molecule has 0 bridgehead atoms. The van der Waals surface area contributed by atoms with Crippen LogP contribution in [-0.4, -0.2) is 16.5 Å². The van der Waals surface area contributed by atoms with Crippen molar-refractivity contribution in [2.24, 2.45) is 0 Å². The molecule has 0 aliphatic rings. The Bertz CT molecular complexity index is 187. The van der Waals surface area contributed by atoms with Crippen LogP contribution in [0.2, 0.25) is 0 Å². The van der Waals surface area contributed by atoms with Crippen LogP contribution in [0.25, 0.3) is 0 Å². The van der Waals surface area contributed by atoms with Gasteiger partial charge in [-0.3, -0.25) is 0 Å². The van der Waals surface area contributed by atoms with Crippen molar-refractivity contribution in [3.05, 3.63) is 10.8 Å². The van der Waals surface area contributed by atoms with Crippen molar-refractivity contribution in [3.8, 4) is 0 Å². The minimum Gasteiger partial charge on any atom is -0.377 e. The average Bonchev–Trinajstić information content (AvgIpc) is 2.17. The SMILES string of the molecule is COCc1nc(C)ns1. The Hall–Kier alpha value is -0.480. The summed E-state index contributed by atoms with van der Waals surface area (Å²) in [5, 5.41) is 0.940. The lowest BCUT2D eigenvalue weighted by Crippen LogP contribution is -1.84. The summed E-state index contributed by atoms with van der Waals surface area (Å²) in [7, 11) is 1.65. The number of aromatic nitrogens is 2. The molecule has 4 heteroatoms. The molecular weight excluding hydrogens is 136 g/mol. The van der Waals surface area contributed by atoms with Gasteiger partial charge in [0.2, 0.25) is 0 Å². The van der Waals surface area contributed by atoms with Gasteiger partial charge >= 0.3 is 0 Å². The zero-order valence-electron chi connectivity index (χ0n) is 5.42. The topological polar surface area (TPSA) is 35.0 Å². The van der Waals surface area contributed by atoms with Gasteiger partial charge in [0.05, 0.1) is 6.61 Å². The lowest BCUT2D eigenvalue weighted by atomic mass is 10.7. The average molecular weight is 144 g/mol. The second-order valence-corrected chi connectivity index (χ2v) is 2.50. The molecule has 0 aliphatic carbocycles. The molecule has 0 aliphatic heterocycles. The predicted octanol–water partition coefficient (Wildman–Crippen LogP) is 0.993. The van der Waals surface area contributed by atoms with Crippen LogP contribution in [0, 0.1) is 6.92 Å². The summed E-state index contributed by atoms with van der Waals surface area (Å²) in [6, 6.07) is 0. The quantitative estimate of drug-likeness (QED) is 0.621. The van der Waals surface area contributed by atoms with Crippen molar-refractivity contribution in [1.29, 1.82) is 0 Å². The van der Waals surface area contributed by atoms with Crippen molar-refractivity contribution < 1.29 is 4.74 Å². The van der Waals surface area contributed by atoms with E-state index in [1.54, 1.807) is 7.11 Å². The molecule has 0 amide bonds. The van der Waals surface area contributed by atoms with E-state index in [-0.39, 0.29) is 0 Å². The maximum Gasteiger partial charge on any atom is 0.139 e. The molecule has 9 heavy (non-hydrogen) atoms. The van der Waals surface area contributed by atoms with Gasteiger partial charge in [-0.1, -0.05) is 0 Å². The molecule has 1 heterocycles. The van der Waals surface area contributed by atoms with Crippen LogP contribution >= 0.6 is 11.5 Å². The molecular formula is C5H8N2OS. The standard InChI is InChI=1S/C5H8N2OS/c1-4-6-5(3-8-2)9-7-4/h3H2,1-2H3. The van der Waals surface area contributed by atoms with Crippen molar-refractivity contribution in [2.45, 2.75) is 13.5 Å². The Morgan fingerprint density at radius 3 is 2.89 bits per heavy atom. The van der Waals surface area contributed by atoms with Gasteiger partial charge < -0.3 is 4.74 Å². The fraction of sp³-hybridized carbons (Fsp3) is 0.600. The first-order chi connectivity index (χ1) is 4.33. The predicted molar refractivity (Wildman–Crippen MR) is 35.4 cm³/mol. The van der Waals surface area contributed by atoms with Crippen LogP contribution < -0.4 is 0 Å². The van der Waals surface area contributed by atoms with E-state index in [1.807, 2.05) is 6.92 Å². The highest BCUT2D eigenvalue weighted by atomic mass is 32.1. The van der Waals surface area contributed by atoms with Crippen molar-refractivity contribution in [2.75, 3.05) is 7.11 Å². The zero-order valence-corrected chi connectivity index (χ0v) is 6.23. The fourth-order valence-electron chi connectivity index (χ4n) is 0.522. The maximum atomic E-state index is 4.85. The summed E-state index contributed by atoms with van der Waals surface area (Å²) in [5.74, 6) is 0.826. The second-order valence-electron chi connectivity index (χ2n) is 1.67. The van der Waals surface area contributed by atoms with Crippen LogP contribution in [0.4, 0.5) is 0 Å². The van der Waals surface area contributed by atoms with E-state index in [0.717, 1.165) is 10.8 Å². The minimum absolute atomic E-state index is 0.575. The van der Waals surface area contributed by atoms with Gasteiger partial charge in [-0.25, -0.2) is 4.98 Å². The first kappa shape index (κ1) is 6.64. The van der Waals surface area contributed by atoms with E-state index >= 15 is 0 Å². The Labute approximate surface area is 57.9 Å². The van der Waals surface area contributed by atoms with Crippen LogP contribution in [-0.2, 0) is 11.3 Å². The Morgan fingerprint density at radius 2 is 2.44 bits per heavy atom. The highest BCUT2D eigenvalue weighted by Crippen LogP contribution is 2.03. The Morgan fingerprint density at radius 1 is 1.67 bits per heavy atom. The third-order valence-corrected chi connectivity index (χ3v) is 1.61. The minimum atomic E-state index is 0.575. The Kier molecular flexibility index (Phi) is 2.13. The van der Waals surface area contributed by atoms with Gasteiger partial charge in [-0.15, -0.1) is 0 Å². The van der Waals surface area contributed by atoms with Crippen LogP contribution in [0.5, 0.6) is 0 Å². The highest BCUT2D eigenvalue weighted by molar-refractivity contribution is 7.05. The third-order valence-electron chi connectivity index (χ3n) is 0.837.